The number of rotatable bonds is 9. The summed E-state index contributed by atoms with van der Waals surface area (Å²) in [6.45, 7) is 4.43. The van der Waals surface area contributed by atoms with Crippen LogP contribution in [-0.4, -0.2) is 56.9 Å². The molecule has 0 radical (unpaired) electrons. The van der Waals surface area contributed by atoms with Gasteiger partial charge in [0.25, 0.3) is 5.56 Å². The molecule has 2 atom stereocenters. The minimum absolute atomic E-state index is 0.0239. The number of methoxy groups -OCH3 is 1. The monoisotopic (exact) mass is 542 g/mol. The summed E-state index contributed by atoms with van der Waals surface area (Å²) in [5.41, 5.74) is 0.755. The molecule has 1 aliphatic heterocycles. The summed E-state index contributed by atoms with van der Waals surface area (Å²) in [6.07, 6.45) is 2.61. The van der Waals surface area contributed by atoms with Gasteiger partial charge < -0.3 is 14.8 Å². The molecule has 0 aliphatic carbocycles. The van der Waals surface area contributed by atoms with E-state index in [1.54, 1.807) is 20.1 Å². The highest BCUT2D eigenvalue weighted by Crippen LogP contribution is 2.32. The zero-order valence-corrected chi connectivity index (χ0v) is 22.0. The quantitative estimate of drug-likeness (QED) is 0.321. The molecule has 0 spiro atoms. The van der Waals surface area contributed by atoms with Gasteiger partial charge in [-0.3, -0.25) is 14.2 Å². The summed E-state index contributed by atoms with van der Waals surface area (Å²) in [5.74, 6) is -0.819. The number of carbonyl (C=O) groups is 1. The van der Waals surface area contributed by atoms with Gasteiger partial charge in [-0.05, 0) is 43.5 Å². The summed E-state index contributed by atoms with van der Waals surface area (Å²) >= 11 is 1.19. The SMILES string of the molecule is COCCO[C@@H](Cn1c(=O)n([C@@H]2CCNC2=O)c(=O)c2c(C)c(-n3nccn3)sc21)c1cc(F)ccc1C. The average Bonchev–Trinajstić information content (AvgIpc) is 3.64. The molecule has 1 amide bonds. The molecule has 1 fully saturated rings. The Hall–Kier alpha value is -3.68. The van der Waals surface area contributed by atoms with E-state index in [2.05, 4.69) is 15.5 Å². The summed E-state index contributed by atoms with van der Waals surface area (Å²) in [7, 11) is 1.54. The number of aryl methyl sites for hydroxylation is 2. The first-order chi connectivity index (χ1) is 18.3. The third kappa shape index (κ3) is 4.57. The van der Waals surface area contributed by atoms with Gasteiger partial charge in [0.15, 0.2) is 0 Å². The summed E-state index contributed by atoms with van der Waals surface area (Å²) < 4.78 is 28.0. The highest BCUT2D eigenvalue weighted by atomic mass is 32.1. The van der Waals surface area contributed by atoms with Crippen molar-refractivity contribution >= 4 is 27.5 Å². The summed E-state index contributed by atoms with van der Waals surface area (Å²) in [5, 5.41) is 12.0. The predicted octanol–water partition coefficient (Wildman–Crippen LogP) is 2.03. The highest BCUT2D eigenvalue weighted by Gasteiger charge is 2.32. The summed E-state index contributed by atoms with van der Waals surface area (Å²) in [4.78, 5) is 42.1. The van der Waals surface area contributed by atoms with E-state index in [-0.39, 0.29) is 19.1 Å². The maximum Gasteiger partial charge on any atom is 0.332 e. The van der Waals surface area contributed by atoms with Crippen molar-refractivity contribution in [3.05, 3.63) is 73.9 Å². The van der Waals surface area contributed by atoms with Crippen molar-refractivity contribution in [1.29, 1.82) is 0 Å². The average molecular weight is 543 g/mol. The van der Waals surface area contributed by atoms with Crippen LogP contribution in [0.15, 0.2) is 40.2 Å². The van der Waals surface area contributed by atoms with Crippen molar-refractivity contribution < 1.29 is 18.7 Å². The van der Waals surface area contributed by atoms with Gasteiger partial charge >= 0.3 is 5.69 Å². The van der Waals surface area contributed by atoms with E-state index in [9.17, 15) is 18.8 Å². The molecule has 0 bridgehead atoms. The Morgan fingerprint density at radius 2 is 1.95 bits per heavy atom. The number of thiophene rings is 1. The van der Waals surface area contributed by atoms with Gasteiger partial charge in [0, 0.05) is 19.2 Å². The second-order valence-corrected chi connectivity index (χ2v) is 10.0. The minimum Gasteiger partial charge on any atom is -0.382 e. The van der Waals surface area contributed by atoms with Gasteiger partial charge in [-0.15, -0.1) is 4.80 Å². The van der Waals surface area contributed by atoms with Crippen LogP contribution >= 0.6 is 11.3 Å². The lowest BCUT2D eigenvalue weighted by molar-refractivity contribution is -0.122. The normalized spacial score (nSPS) is 16.3. The number of carbonyl (C=O) groups excluding carboxylic acids is 1. The fraction of sp³-hybridized carbons (Fsp3) is 0.400. The zero-order valence-electron chi connectivity index (χ0n) is 21.1. The van der Waals surface area contributed by atoms with Gasteiger partial charge in [-0.25, -0.2) is 13.8 Å². The second-order valence-electron chi connectivity index (χ2n) is 9.05. The third-order valence-electron chi connectivity index (χ3n) is 6.69. The molecular formula is C25H27FN6O5S. The highest BCUT2D eigenvalue weighted by molar-refractivity contribution is 7.21. The first-order valence-electron chi connectivity index (χ1n) is 12.1. The Bertz CT molecular complexity index is 1610. The van der Waals surface area contributed by atoms with Crippen LogP contribution in [-0.2, 0) is 20.8 Å². The fourth-order valence-electron chi connectivity index (χ4n) is 4.77. The zero-order chi connectivity index (χ0) is 27.0. The Morgan fingerprint density at radius 3 is 2.63 bits per heavy atom. The Kier molecular flexibility index (Phi) is 7.23. The van der Waals surface area contributed by atoms with Crippen LogP contribution in [0.3, 0.4) is 0 Å². The van der Waals surface area contributed by atoms with E-state index in [0.717, 1.165) is 10.1 Å². The molecule has 0 saturated carbocycles. The molecule has 4 aromatic rings. The second kappa shape index (κ2) is 10.6. The van der Waals surface area contributed by atoms with Gasteiger partial charge in [0.2, 0.25) is 5.91 Å². The molecule has 1 aromatic carbocycles. The molecule has 3 aromatic heterocycles. The van der Waals surface area contributed by atoms with E-state index < -0.39 is 29.2 Å². The first kappa shape index (κ1) is 25.9. The molecule has 13 heteroatoms. The van der Waals surface area contributed by atoms with Crippen molar-refractivity contribution in [2.45, 2.75) is 39.0 Å². The van der Waals surface area contributed by atoms with E-state index in [1.807, 2.05) is 6.92 Å². The molecule has 0 unspecified atom stereocenters. The van der Waals surface area contributed by atoms with Gasteiger partial charge in [0.05, 0.1) is 37.5 Å². The molecule has 1 N–H and O–H groups in total. The van der Waals surface area contributed by atoms with Gasteiger partial charge in [0.1, 0.15) is 27.8 Å². The molecule has 1 aliphatic rings. The first-order valence-corrected chi connectivity index (χ1v) is 12.9. The summed E-state index contributed by atoms with van der Waals surface area (Å²) in [6, 6.07) is 3.46. The molecule has 11 nitrogen and oxygen atoms in total. The number of hydrogen-bond acceptors (Lipinski definition) is 8. The van der Waals surface area contributed by atoms with Crippen molar-refractivity contribution in [2.75, 3.05) is 26.9 Å². The number of fused-ring (bicyclic) bond motifs is 1. The van der Waals surface area contributed by atoms with Crippen LogP contribution < -0.4 is 16.6 Å². The predicted molar refractivity (Wildman–Crippen MR) is 138 cm³/mol. The molecule has 200 valence electrons. The maximum absolute atomic E-state index is 14.3. The van der Waals surface area contributed by atoms with E-state index in [4.69, 9.17) is 9.47 Å². The lowest BCUT2D eigenvalue weighted by Crippen LogP contribution is -2.44. The van der Waals surface area contributed by atoms with Gasteiger partial charge in [-0.2, -0.15) is 10.2 Å². The van der Waals surface area contributed by atoms with Crippen LogP contribution in [0.25, 0.3) is 15.2 Å². The topological polar surface area (TPSA) is 122 Å². The molecule has 5 rings (SSSR count). The van der Waals surface area contributed by atoms with Crippen molar-refractivity contribution in [2.24, 2.45) is 0 Å². The van der Waals surface area contributed by atoms with Crippen LogP contribution in [0, 0.1) is 19.7 Å². The smallest absolute Gasteiger partial charge is 0.332 e. The van der Waals surface area contributed by atoms with E-state index >= 15 is 0 Å². The van der Waals surface area contributed by atoms with Crippen LogP contribution in [0.4, 0.5) is 4.39 Å². The fourth-order valence-corrected chi connectivity index (χ4v) is 5.99. The van der Waals surface area contributed by atoms with Crippen molar-refractivity contribution in [1.82, 2.24) is 29.4 Å². The molecule has 1 saturated heterocycles. The number of nitrogens with one attached hydrogen (secondary N) is 1. The van der Waals surface area contributed by atoms with Crippen LogP contribution in [0.2, 0.25) is 0 Å². The lowest BCUT2D eigenvalue weighted by atomic mass is 10.0. The number of hydrogen-bond donors (Lipinski definition) is 1. The number of ether oxygens (including phenoxy) is 2. The molecule has 38 heavy (non-hydrogen) atoms. The van der Waals surface area contributed by atoms with Crippen molar-refractivity contribution in [3.63, 3.8) is 0 Å². The molecular weight excluding hydrogens is 515 g/mol. The number of aromatic nitrogens is 5. The number of halogens is 1. The maximum atomic E-state index is 14.3. The van der Waals surface area contributed by atoms with Crippen LogP contribution in [0.5, 0.6) is 0 Å². The van der Waals surface area contributed by atoms with E-state index in [1.165, 1.54) is 45.2 Å². The van der Waals surface area contributed by atoms with Crippen LogP contribution in [0.1, 0.15) is 35.3 Å². The van der Waals surface area contributed by atoms with E-state index in [0.29, 0.717) is 45.9 Å². The number of amides is 1. The Morgan fingerprint density at radius 1 is 1.18 bits per heavy atom. The third-order valence-corrected chi connectivity index (χ3v) is 7.97. The Balaban J connectivity index is 1.74. The number of benzene rings is 1. The standard InChI is InChI=1S/C25H27FN6O5S/c1-14-4-5-16(26)12-17(14)19(37-11-10-36-3)13-30-24-20(15(2)23(38-24)32-28-8-9-29-32)22(34)31(25(30)35)18-6-7-27-21(18)33/h4-5,8-9,12,18-19H,6-7,10-11,13H2,1-3H3,(H,27,33)/t18-,19+/m1/s1. The minimum atomic E-state index is -0.931. The lowest BCUT2D eigenvalue weighted by Gasteiger charge is -2.23. The number of nitrogens with zero attached hydrogens (tertiary/aromatic N) is 5. The molecule has 4 heterocycles. The van der Waals surface area contributed by atoms with Gasteiger partial charge in [-0.1, -0.05) is 17.4 Å². The Labute approximate surface area is 220 Å². The van der Waals surface area contributed by atoms with Crippen molar-refractivity contribution in [3.8, 4) is 5.00 Å². The largest absolute Gasteiger partial charge is 0.382 e.